The number of fused-ring (bicyclic) bond motifs is 1. The molecule has 3 rings (SSSR count). The molecule has 0 atom stereocenters. The smallest absolute Gasteiger partial charge is 0.325 e. The van der Waals surface area contributed by atoms with Crippen LogP contribution in [0.4, 0.5) is 0 Å². The monoisotopic (exact) mass is 308 g/mol. The first-order valence-electron chi connectivity index (χ1n) is 5.50. The minimum Gasteiger partial charge on any atom is -0.480 e. The van der Waals surface area contributed by atoms with E-state index in [2.05, 4.69) is 25.5 Å². The fourth-order valence-corrected chi connectivity index (χ4v) is 3.35. The van der Waals surface area contributed by atoms with Crippen LogP contribution in [0.1, 0.15) is 4.88 Å². The molecule has 0 saturated heterocycles. The van der Waals surface area contributed by atoms with E-state index < -0.39 is 5.97 Å². The summed E-state index contributed by atoms with van der Waals surface area (Å²) in [5.74, 6) is -1.00. The van der Waals surface area contributed by atoms with Crippen molar-refractivity contribution in [1.82, 2.24) is 30.2 Å². The Hall–Kier alpha value is -2.07. The van der Waals surface area contributed by atoms with E-state index in [9.17, 15) is 4.79 Å². The Kier molecular flexibility index (Phi) is 3.32. The Labute approximate surface area is 120 Å². The normalized spacial score (nSPS) is 11.1. The van der Waals surface area contributed by atoms with E-state index in [1.165, 1.54) is 22.8 Å². The molecular weight excluding hydrogens is 300 g/mol. The molecule has 0 unspecified atom stereocenters. The molecule has 8 nitrogen and oxygen atoms in total. The summed E-state index contributed by atoms with van der Waals surface area (Å²) in [7, 11) is 0. The molecular formula is C10H8N6O2S2. The number of carboxylic acid groups (broad SMARTS) is 1. The second-order valence-corrected chi connectivity index (χ2v) is 6.06. The van der Waals surface area contributed by atoms with E-state index in [-0.39, 0.29) is 6.54 Å². The number of aliphatic carboxylic acids is 1. The molecule has 1 N–H and O–H groups in total. The second kappa shape index (κ2) is 5.13. The zero-order valence-corrected chi connectivity index (χ0v) is 11.9. The maximum atomic E-state index is 10.7. The summed E-state index contributed by atoms with van der Waals surface area (Å²) in [6.45, 7) is 1.71. The number of thiophene rings is 1. The fraction of sp³-hybridized carbons (Fsp3) is 0.200. The Morgan fingerprint density at radius 2 is 2.35 bits per heavy atom. The van der Waals surface area contributed by atoms with Gasteiger partial charge in [-0.05, 0) is 35.2 Å². The summed E-state index contributed by atoms with van der Waals surface area (Å²) in [6.07, 6.45) is 1.48. The number of carboxylic acids is 1. The van der Waals surface area contributed by atoms with E-state index in [4.69, 9.17) is 5.11 Å². The largest absolute Gasteiger partial charge is 0.480 e. The number of carbonyl (C=O) groups is 1. The van der Waals surface area contributed by atoms with Crippen molar-refractivity contribution in [3.05, 3.63) is 17.3 Å². The van der Waals surface area contributed by atoms with Gasteiger partial charge in [-0.25, -0.2) is 14.6 Å². The van der Waals surface area contributed by atoms with Crippen LogP contribution in [0.5, 0.6) is 0 Å². The fourth-order valence-electron chi connectivity index (χ4n) is 1.62. The summed E-state index contributed by atoms with van der Waals surface area (Å²) in [6, 6.07) is 1.99. The molecule has 10 heteroatoms. The topological polar surface area (TPSA) is 107 Å². The van der Waals surface area contributed by atoms with Crippen LogP contribution in [0.15, 0.2) is 22.6 Å². The highest BCUT2D eigenvalue weighted by molar-refractivity contribution is 7.99. The first-order chi connectivity index (χ1) is 9.63. The highest BCUT2D eigenvalue weighted by Gasteiger charge is 2.14. The van der Waals surface area contributed by atoms with Crippen molar-refractivity contribution in [2.24, 2.45) is 0 Å². The number of hydrogen-bond acceptors (Lipinski definition) is 8. The van der Waals surface area contributed by atoms with E-state index >= 15 is 0 Å². The molecule has 0 bridgehead atoms. The lowest BCUT2D eigenvalue weighted by Gasteiger charge is -2.01. The molecule has 0 aliphatic rings. The molecule has 102 valence electrons. The average Bonchev–Trinajstić information content (AvgIpc) is 2.95. The summed E-state index contributed by atoms with van der Waals surface area (Å²) < 4.78 is 1.22. The van der Waals surface area contributed by atoms with Gasteiger partial charge < -0.3 is 5.11 Å². The molecule has 3 heterocycles. The van der Waals surface area contributed by atoms with Gasteiger partial charge in [0.15, 0.2) is 0 Å². The third kappa shape index (κ3) is 2.47. The van der Waals surface area contributed by atoms with Gasteiger partial charge in [0.05, 0.1) is 0 Å². The van der Waals surface area contributed by atoms with Crippen LogP contribution in [0, 0.1) is 6.92 Å². The van der Waals surface area contributed by atoms with Crippen LogP contribution in [0.3, 0.4) is 0 Å². The van der Waals surface area contributed by atoms with Crippen molar-refractivity contribution in [1.29, 1.82) is 0 Å². The maximum absolute atomic E-state index is 10.7. The quantitative estimate of drug-likeness (QED) is 0.717. The lowest BCUT2D eigenvalue weighted by molar-refractivity contribution is -0.138. The maximum Gasteiger partial charge on any atom is 0.325 e. The lowest BCUT2D eigenvalue weighted by Crippen LogP contribution is -2.11. The van der Waals surface area contributed by atoms with Crippen molar-refractivity contribution >= 4 is 39.3 Å². The summed E-state index contributed by atoms with van der Waals surface area (Å²) >= 11 is 2.80. The van der Waals surface area contributed by atoms with Gasteiger partial charge in [-0.15, -0.1) is 16.4 Å². The van der Waals surface area contributed by atoms with Crippen molar-refractivity contribution in [2.45, 2.75) is 23.7 Å². The number of hydrogen-bond donors (Lipinski definition) is 1. The first kappa shape index (κ1) is 12.9. The van der Waals surface area contributed by atoms with Gasteiger partial charge in [0.1, 0.15) is 22.7 Å². The lowest BCUT2D eigenvalue weighted by atomic mass is 10.4. The van der Waals surface area contributed by atoms with Gasteiger partial charge >= 0.3 is 5.97 Å². The summed E-state index contributed by atoms with van der Waals surface area (Å²) in [5.41, 5.74) is 0. The van der Waals surface area contributed by atoms with Crippen LogP contribution >= 0.6 is 23.1 Å². The van der Waals surface area contributed by atoms with Gasteiger partial charge in [0, 0.05) is 10.3 Å². The number of nitrogens with zero attached hydrogens (tertiary/aromatic N) is 6. The minimum absolute atomic E-state index is 0.285. The molecule has 0 spiro atoms. The molecule has 20 heavy (non-hydrogen) atoms. The van der Waals surface area contributed by atoms with E-state index in [1.54, 1.807) is 11.3 Å². The van der Waals surface area contributed by atoms with Crippen LogP contribution in [0.2, 0.25) is 0 Å². The zero-order valence-electron chi connectivity index (χ0n) is 10.2. The molecule has 0 radical (unpaired) electrons. The molecule has 0 amide bonds. The Bertz CT molecular complexity index is 783. The van der Waals surface area contributed by atoms with Crippen LogP contribution in [-0.4, -0.2) is 41.3 Å². The predicted octanol–water partition coefficient (Wildman–Crippen LogP) is 1.22. The molecule has 3 aromatic heterocycles. The number of tetrazole rings is 1. The second-order valence-electron chi connectivity index (χ2n) is 3.87. The third-order valence-electron chi connectivity index (χ3n) is 2.39. The molecule has 3 aromatic rings. The Balaban J connectivity index is 1.97. The molecule has 0 fully saturated rings. The average molecular weight is 308 g/mol. The summed E-state index contributed by atoms with van der Waals surface area (Å²) in [5, 5.41) is 21.8. The minimum atomic E-state index is -1.00. The first-order valence-corrected chi connectivity index (χ1v) is 7.14. The zero-order chi connectivity index (χ0) is 14.1. The van der Waals surface area contributed by atoms with Crippen molar-refractivity contribution in [2.75, 3.05) is 0 Å². The van der Waals surface area contributed by atoms with Crippen molar-refractivity contribution in [3.63, 3.8) is 0 Å². The van der Waals surface area contributed by atoms with E-state index in [1.807, 2.05) is 13.0 Å². The van der Waals surface area contributed by atoms with Crippen LogP contribution < -0.4 is 0 Å². The summed E-state index contributed by atoms with van der Waals surface area (Å²) in [4.78, 5) is 21.2. The standard InChI is InChI=1S/C10H8N6O2S2/c1-5-2-6-8(19-5)11-4-12-9(6)20-10-13-14-15-16(10)3-7(17)18/h2,4H,3H2,1H3,(H,17,18). The van der Waals surface area contributed by atoms with Gasteiger partial charge in [-0.1, -0.05) is 0 Å². The number of aromatic nitrogens is 6. The SMILES string of the molecule is Cc1cc2c(Sc3nnnn3CC(=O)O)ncnc2s1. The Morgan fingerprint density at radius 3 is 3.15 bits per heavy atom. The number of aryl methyl sites for hydroxylation is 1. The molecule has 0 aliphatic carbocycles. The predicted molar refractivity (Wildman–Crippen MR) is 71.7 cm³/mol. The van der Waals surface area contributed by atoms with Crippen molar-refractivity contribution in [3.8, 4) is 0 Å². The molecule has 0 aliphatic heterocycles. The highest BCUT2D eigenvalue weighted by atomic mass is 32.2. The van der Waals surface area contributed by atoms with Crippen LogP contribution in [-0.2, 0) is 11.3 Å². The highest BCUT2D eigenvalue weighted by Crippen LogP contribution is 2.33. The Morgan fingerprint density at radius 1 is 1.50 bits per heavy atom. The molecule has 0 aromatic carbocycles. The van der Waals surface area contributed by atoms with E-state index in [0.717, 1.165) is 15.1 Å². The van der Waals surface area contributed by atoms with Gasteiger partial charge in [0.25, 0.3) is 0 Å². The van der Waals surface area contributed by atoms with Crippen LogP contribution in [0.25, 0.3) is 10.2 Å². The molecule has 0 saturated carbocycles. The van der Waals surface area contributed by atoms with Gasteiger partial charge in [-0.2, -0.15) is 0 Å². The van der Waals surface area contributed by atoms with Gasteiger partial charge in [-0.3, -0.25) is 4.79 Å². The van der Waals surface area contributed by atoms with Gasteiger partial charge in [0.2, 0.25) is 5.16 Å². The van der Waals surface area contributed by atoms with Crippen molar-refractivity contribution < 1.29 is 9.90 Å². The number of rotatable bonds is 4. The van der Waals surface area contributed by atoms with E-state index in [0.29, 0.717) is 10.2 Å². The third-order valence-corrected chi connectivity index (χ3v) is 4.34.